The fraction of sp³-hybridized carbons (Fsp3) is 0.440. The number of carbonyl (C=O) groups excluding carboxylic acids is 2. The van der Waals surface area contributed by atoms with Gasteiger partial charge in [-0.15, -0.1) is 0 Å². The molecular formula is C25H34BrN3O4S. The summed E-state index contributed by atoms with van der Waals surface area (Å²) >= 11 is 3.41. The molecule has 0 spiro atoms. The van der Waals surface area contributed by atoms with Gasteiger partial charge in [0.15, 0.2) is 0 Å². The van der Waals surface area contributed by atoms with Crippen molar-refractivity contribution in [2.24, 2.45) is 0 Å². The summed E-state index contributed by atoms with van der Waals surface area (Å²) < 4.78 is 26.9. The van der Waals surface area contributed by atoms with Crippen LogP contribution < -0.4 is 9.62 Å². The summed E-state index contributed by atoms with van der Waals surface area (Å²) in [6, 6.07) is 15.8. The third-order valence-electron chi connectivity index (χ3n) is 5.63. The van der Waals surface area contributed by atoms with Crippen molar-refractivity contribution in [3.8, 4) is 0 Å². The lowest BCUT2D eigenvalue weighted by Gasteiger charge is -2.30. The van der Waals surface area contributed by atoms with Gasteiger partial charge < -0.3 is 10.2 Å². The number of carbonyl (C=O) groups is 2. The zero-order valence-corrected chi connectivity index (χ0v) is 22.6. The molecular weight excluding hydrogens is 518 g/mol. The molecule has 34 heavy (non-hydrogen) atoms. The molecule has 2 rings (SSSR count). The first kappa shape index (κ1) is 27.9. The van der Waals surface area contributed by atoms with Crippen LogP contribution in [0.5, 0.6) is 0 Å². The number of halogens is 1. The number of nitrogens with one attached hydrogen (secondary N) is 1. The molecule has 0 aliphatic carbocycles. The third kappa shape index (κ3) is 8.43. The highest BCUT2D eigenvalue weighted by atomic mass is 79.9. The Morgan fingerprint density at radius 3 is 2.21 bits per heavy atom. The molecule has 2 aromatic rings. The van der Waals surface area contributed by atoms with Crippen molar-refractivity contribution in [2.45, 2.75) is 58.7 Å². The van der Waals surface area contributed by atoms with Gasteiger partial charge in [-0.05, 0) is 56.5 Å². The number of nitrogens with zero attached hydrogens (tertiary/aromatic N) is 2. The number of rotatable bonds is 12. The number of amides is 2. The molecule has 9 heteroatoms. The van der Waals surface area contributed by atoms with E-state index in [0.717, 1.165) is 22.7 Å². The molecule has 0 unspecified atom stereocenters. The van der Waals surface area contributed by atoms with E-state index in [0.29, 0.717) is 12.1 Å². The molecule has 0 fully saturated rings. The second kappa shape index (κ2) is 12.9. The molecule has 7 nitrogen and oxygen atoms in total. The lowest BCUT2D eigenvalue weighted by atomic mass is 10.1. The van der Waals surface area contributed by atoms with Gasteiger partial charge in [0.25, 0.3) is 0 Å². The quantitative estimate of drug-likeness (QED) is 0.425. The normalized spacial score (nSPS) is 13.1. The molecule has 0 aliphatic heterocycles. The second-order valence-electron chi connectivity index (χ2n) is 8.42. The zero-order chi connectivity index (χ0) is 25.3. The molecule has 0 heterocycles. The Labute approximate surface area is 211 Å². The van der Waals surface area contributed by atoms with Crippen molar-refractivity contribution in [3.05, 3.63) is 64.6 Å². The van der Waals surface area contributed by atoms with E-state index < -0.39 is 16.1 Å². The van der Waals surface area contributed by atoms with Crippen molar-refractivity contribution in [2.75, 3.05) is 17.1 Å². The molecule has 2 atom stereocenters. The predicted octanol–water partition coefficient (Wildman–Crippen LogP) is 4.33. The van der Waals surface area contributed by atoms with Gasteiger partial charge >= 0.3 is 0 Å². The fourth-order valence-corrected chi connectivity index (χ4v) is 4.66. The maximum Gasteiger partial charge on any atom is 0.242 e. The molecule has 0 aromatic heterocycles. The topological polar surface area (TPSA) is 86.8 Å². The van der Waals surface area contributed by atoms with E-state index in [1.807, 2.05) is 44.2 Å². The summed E-state index contributed by atoms with van der Waals surface area (Å²) in [5.74, 6) is -0.405. The van der Waals surface area contributed by atoms with Gasteiger partial charge in [-0.1, -0.05) is 53.2 Å². The minimum atomic E-state index is -3.50. The monoisotopic (exact) mass is 551 g/mol. The van der Waals surface area contributed by atoms with E-state index in [9.17, 15) is 18.0 Å². The average molecular weight is 553 g/mol. The van der Waals surface area contributed by atoms with E-state index >= 15 is 0 Å². The number of hydrogen-bond donors (Lipinski definition) is 1. The molecule has 186 valence electrons. The summed E-state index contributed by atoms with van der Waals surface area (Å²) in [5.41, 5.74) is 1.47. The first-order valence-electron chi connectivity index (χ1n) is 11.4. The number of para-hydroxylation sites is 1. The van der Waals surface area contributed by atoms with E-state index in [1.54, 1.807) is 36.1 Å². The van der Waals surface area contributed by atoms with Gasteiger partial charge in [0.05, 0.1) is 11.9 Å². The number of benzene rings is 2. The standard InChI is InChI=1S/C25H34BrN3O4S/c1-5-19(2)27-25(31)20(3)28(18-21-13-15-22(26)16-14-21)24(30)12-9-17-29(34(4,32)33)23-10-7-6-8-11-23/h6-8,10-11,13-16,19-20H,5,9,12,17-18H2,1-4H3,(H,27,31)/t19-,20+/m0/s1. The van der Waals surface area contributed by atoms with Crippen LogP contribution in [0.25, 0.3) is 0 Å². The first-order valence-corrected chi connectivity index (χ1v) is 14.0. The van der Waals surface area contributed by atoms with Crippen LogP contribution in [0.3, 0.4) is 0 Å². The van der Waals surface area contributed by atoms with Crippen molar-refractivity contribution < 1.29 is 18.0 Å². The highest BCUT2D eigenvalue weighted by Crippen LogP contribution is 2.19. The van der Waals surface area contributed by atoms with Crippen LogP contribution in [0.2, 0.25) is 0 Å². The second-order valence-corrected chi connectivity index (χ2v) is 11.2. The van der Waals surface area contributed by atoms with Gasteiger partial charge in [-0.2, -0.15) is 0 Å². The molecule has 2 aromatic carbocycles. The Balaban J connectivity index is 2.14. The fourth-order valence-electron chi connectivity index (χ4n) is 3.43. The Hall–Kier alpha value is -2.39. The lowest BCUT2D eigenvalue weighted by molar-refractivity contribution is -0.140. The van der Waals surface area contributed by atoms with Crippen molar-refractivity contribution >= 4 is 43.5 Å². The summed E-state index contributed by atoms with van der Waals surface area (Å²) in [7, 11) is -3.50. The Bertz CT molecular complexity index is 1050. The van der Waals surface area contributed by atoms with Gasteiger partial charge in [-0.3, -0.25) is 13.9 Å². The molecule has 2 amide bonds. The van der Waals surface area contributed by atoms with Crippen molar-refractivity contribution in [1.82, 2.24) is 10.2 Å². The molecule has 0 saturated heterocycles. The predicted molar refractivity (Wildman–Crippen MR) is 140 cm³/mol. The van der Waals surface area contributed by atoms with Crippen LogP contribution in [-0.2, 0) is 26.2 Å². The van der Waals surface area contributed by atoms with Crippen molar-refractivity contribution in [1.29, 1.82) is 0 Å². The van der Waals surface area contributed by atoms with E-state index in [1.165, 1.54) is 4.31 Å². The van der Waals surface area contributed by atoms with Crippen LogP contribution >= 0.6 is 15.9 Å². The first-order chi connectivity index (χ1) is 16.0. The maximum atomic E-state index is 13.3. The highest BCUT2D eigenvalue weighted by Gasteiger charge is 2.27. The van der Waals surface area contributed by atoms with Gasteiger partial charge in [0.2, 0.25) is 21.8 Å². The van der Waals surface area contributed by atoms with Crippen LogP contribution in [0.1, 0.15) is 45.6 Å². The summed E-state index contributed by atoms with van der Waals surface area (Å²) in [4.78, 5) is 27.6. The Morgan fingerprint density at radius 2 is 1.65 bits per heavy atom. The van der Waals surface area contributed by atoms with E-state index in [4.69, 9.17) is 0 Å². The van der Waals surface area contributed by atoms with Crippen LogP contribution in [0.15, 0.2) is 59.1 Å². The van der Waals surface area contributed by atoms with Gasteiger partial charge in [0, 0.05) is 30.0 Å². The Kier molecular flexibility index (Phi) is 10.6. The summed E-state index contributed by atoms with van der Waals surface area (Å²) in [6.07, 6.45) is 2.40. The number of sulfonamides is 1. The Morgan fingerprint density at radius 1 is 1.03 bits per heavy atom. The van der Waals surface area contributed by atoms with Crippen LogP contribution in [0.4, 0.5) is 5.69 Å². The molecule has 0 bridgehead atoms. The number of anilines is 1. The largest absolute Gasteiger partial charge is 0.352 e. The maximum absolute atomic E-state index is 13.3. The number of hydrogen-bond acceptors (Lipinski definition) is 4. The SMILES string of the molecule is CC[C@H](C)NC(=O)[C@@H](C)N(Cc1ccc(Br)cc1)C(=O)CCCN(c1ccccc1)S(C)(=O)=O. The molecule has 0 aliphatic rings. The van der Waals surface area contributed by atoms with Crippen LogP contribution in [0, 0.1) is 0 Å². The van der Waals surface area contributed by atoms with Crippen LogP contribution in [-0.4, -0.2) is 50.0 Å². The summed E-state index contributed by atoms with van der Waals surface area (Å²) in [5, 5.41) is 2.95. The molecule has 0 saturated carbocycles. The minimum absolute atomic E-state index is 0.00812. The third-order valence-corrected chi connectivity index (χ3v) is 7.35. The van der Waals surface area contributed by atoms with Gasteiger partial charge in [0.1, 0.15) is 6.04 Å². The average Bonchev–Trinajstić information content (AvgIpc) is 2.80. The van der Waals surface area contributed by atoms with Gasteiger partial charge in [-0.25, -0.2) is 8.42 Å². The highest BCUT2D eigenvalue weighted by molar-refractivity contribution is 9.10. The summed E-state index contributed by atoms with van der Waals surface area (Å²) in [6.45, 7) is 6.10. The van der Waals surface area contributed by atoms with Crippen molar-refractivity contribution in [3.63, 3.8) is 0 Å². The zero-order valence-electron chi connectivity index (χ0n) is 20.2. The van der Waals surface area contributed by atoms with E-state index in [2.05, 4.69) is 21.2 Å². The van der Waals surface area contributed by atoms with E-state index in [-0.39, 0.29) is 37.4 Å². The smallest absolute Gasteiger partial charge is 0.242 e. The lowest BCUT2D eigenvalue weighted by Crippen LogP contribution is -2.49. The molecule has 0 radical (unpaired) electrons. The molecule has 1 N–H and O–H groups in total. The minimum Gasteiger partial charge on any atom is -0.352 e.